The fourth-order valence-electron chi connectivity index (χ4n) is 6.45. The third-order valence-electron chi connectivity index (χ3n) is 9.55. The highest BCUT2D eigenvalue weighted by Crippen LogP contribution is 2.66. The number of carbonyl (C=O) groups excluding carboxylic acids is 2. The number of carbonyl (C=O) groups is 2. The van der Waals surface area contributed by atoms with E-state index in [0.29, 0.717) is 24.5 Å². The topological polar surface area (TPSA) is 52.6 Å². The maximum absolute atomic E-state index is 13.5. The second-order valence-corrected chi connectivity index (χ2v) is 12.4. The molecule has 4 atom stereocenters. The van der Waals surface area contributed by atoms with Crippen molar-refractivity contribution >= 4 is 22.7 Å². The fourth-order valence-corrected chi connectivity index (χ4v) is 6.45. The third-order valence-corrected chi connectivity index (χ3v) is 9.55. The normalized spacial score (nSPS) is 27.4. The quantitative estimate of drug-likeness (QED) is 0.318. The summed E-state index contributed by atoms with van der Waals surface area (Å²) in [5, 5.41) is 2.12. The minimum absolute atomic E-state index is 0.0203. The van der Waals surface area contributed by atoms with E-state index in [4.69, 9.17) is 9.47 Å². The predicted molar refractivity (Wildman–Crippen MR) is 135 cm³/mol. The van der Waals surface area contributed by atoms with Gasteiger partial charge in [0.1, 0.15) is 11.9 Å². The van der Waals surface area contributed by atoms with E-state index in [-0.39, 0.29) is 28.9 Å². The number of rotatable bonds is 7. The van der Waals surface area contributed by atoms with Gasteiger partial charge < -0.3 is 9.47 Å². The van der Waals surface area contributed by atoms with Gasteiger partial charge in [0.05, 0.1) is 10.8 Å². The first kappa shape index (κ1) is 24.8. The summed E-state index contributed by atoms with van der Waals surface area (Å²) < 4.78 is 12.0. The van der Waals surface area contributed by atoms with Gasteiger partial charge in [0.15, 0.2) is 0 Å². The first-order valence-electron chi connectivity index (χ1n) is 12.7. The maximum atomic E-state index is 13.5. The van der Waals surface area contributed by atoms with Crippen molar-refractivity contribution in [1.29, 1.82) is 0 Å². The van der Waals surface area contributed by atoms with Crippen LogP contribution in [0.3, 0.4) is 0 Å². The third kappa shape index (κ3) is 4.03. The molecule has 0 spiro atoms. The van der Waals surface area contributed by atoms with Crippen LogP contribution in [0.1, 0.15) is 80.6 Å². The lowest BCUT2D eigenvalue weighted by Gasteiger charge is -2.40. The number of ether oxygens (including phenoxy) is 2. The highest BCUT2D eigenvalue weighted by Gasteiger charge is 2.63. The van der Waals surface area contributed by atoms with E-state index < -0.39 is 10.8 Å². The van der Waals surface area contributed by atoms with Crippen LogP contribution in [0.15, 0.2) is 42.5 Å². The van der Waals surface area contributed by atoms with Crippen molar-refractivity contribution in [3.8, 4) is 5.75 Å². The monoisotopic (exact) mass is 464 g/mol. The first-order chi connectivity index (χ1) is 15.8. The van der Waals surface area contributed by atoms with Crippen LogP contribution in [0.4, 0.5) is 0 Å². The van der Waals surface area contributed by atoms with E-state index >= 15 is 0 Å². The Morgan fingerprint density at radius 1 is 1.00 bits per heavy atom. The molecule has 4 nitrogen and oxygen atoms in total. The van der Waals surface area contributed by atoms with Crippen LogP contribution < -0.4 is 4.74 Å². The van der Waals surface area contributed by atoms with Crippen LogP contribution in [-0.2, 0) is 14.3 Å². The Hall–Kier alpha value is -2.36. The lowest BCUT2D eigenvalue weighted by molar-refractivity contribution is -0.171. The summed E-state index contributed by atoms with van der Waals surface area (Å²) in [6, 6.07) is 13.6. The van der Waals surface area contributed by atoms with Crippen LogP contribution in [-0.4, -0.2) is 18.0 Å². The van der Waals surface area contributed by atoms with Crippen molar-refractivity contribution in [1.82, 2.24) is 0 Å². The maximum Gasteiger partial charge on any atom is 0.316 e. The lowest BCUT2D eigenvalue weighted by atomic mass is 9.69. The van der Waals surface area contributed by atoms with E-state index in [2.05, 4.69) is 20.8 Å². The molecule has 4 heteroatoms. The average molecular weight is 465 g/mol. The molecule has 34 heavy (non-hydrogen) atoms. The number of esters is 2. The summed E-state index contributed by atoms with van der Waals surface area (Å²) >= 11 is 0. The molecule has 2 saturated carbocycles. The second-order valence-electron chi connectivity index (χ2n) is 12.4. The molecule has 2 aliphatic rings. The molecular formula is C30H40O4. The van der Waals surface area contributed by atoms with Gasteiger partial charge in [-0.15, -0.1) is 0 Å². The summed E-state index contributed by atoms with van der Waals surface area (Å²) in [6.07, 6.45) is 4.20. The van der Waals surface area contributed by atoms with Crippen molar-refractivity contribution < 1.29 is 19.1 Å². The average Bonchev–Trinajstić information content (AvgIpc) is 3.12. The zero-order chi connectivity index (χ0) is 24.9. The Balaban J connectivity index is 1.45. The highest BCUT2D eigenvalue weighted by molar-refractivity contribution is 5.86. The smallest absolute Gasteiger partial charge is 0.316 e. The second kappa shape index (κ2) is 8.39. The highest BCUT2D eigenvalue weighted by atomic mass is 16.5. The van der Waals surface area contributed by atoms with Crippen LogP contribution in [0.2, 0.25) is 0 Å². The molecule has 0 aliphatic heterocycles. The Morgan fingerprint density at radius 3 is 2.26 bits per heavy atom. The van der Waals surface area contributed by atoms with Gasteiger partial charge >= 0.3 is 11.9 Å². The van der Waals surface area contributed by atoms with Gasteiger partial charge in [-0.25, -0.2) is 0 Å². The van der Waals surface area contributed by atoms with Gasteiger partial charge in [0.25, 0.3) is 0 Å². The molecule has 2 bridgehead atoms. The Morgan fingerprint density at radius 2 is 1.68 bits per heavy atom. The molecule has 2 aliphatic carbocycles. The minimum Gasteiger partial charge on any atom is -0.461 e. The number of hydrogen-bond donors (Lipinski definition) is 0. The molecule has 2 fully saturated rings. The molecule has 0 heterocycles. The lowest BCUT2D eigenvalue weighted by Crippen LogP contribution is -2.44. The predicted octanol–water partition coefficient (Wildman–Crippen LogP) is 7.34. The SMILES string of the molecule is CCC(C)(CC(C)(C)C(=O)Oc1ccc2ccccc2c1)C(=O)OC1CC2CCC1(C)C2(C)C. The van der Waals surface area contributed by atoms with Gasteiger partial charge in [0.2, 0.25) is 0 Å². The molecule has 4 unspecified atom stereocenters. The van der Waals surface area contributed by atoms with E-state index in [1.165, 1.54) is 6.42 Å². The summed E-state index contributed by atoms with van der Waals surface area (Å²) in [6.45, 7) is 14.6. The Labute approximate surface area is 204 Å². The van der Waals surface area contributed by atoms with Crippen molar-refractivity contribution in [2.75, 3.05) is 0 Å². The van der Waals surface area contributed by atoms with E-state index in [9.17, 15) is 9.59 Å². The fraction of sp³-hybridized carbons (Fsp3) is 0.600. The van der Waals surface area contributed by atoms with E-state index in [0.717, 1.165) is 23.6 Å². The Bertz CT molecular complexity index is 1100. The van der Waals surface area contributed by atoms with Gasteiger partial charge in [-0.3, -0.25) is 9.59 Å². The zero-order valence-corrected chi connectivity index (χ0v) is 21.9. The molecule has 0 saturated heterocycles. The summed E-state index contributed by atoms with van der Waals surface area (Å²) in [5.41, 5.74) is -1.39. The van der Waals surface area contributed by atoms with Gasteiger partial charge in [0, 0.05) is 5.41 Å². The Kier molecular flexibility index (Phi) is 6.11. The molecule has 2 aromatic rings. The molecule has 0 amide bonds. The zero-order valence-electron chi connectivity index (χ0n) is 21.9. The molecule has 0 radical (unpaired) electrons. The number of fused-ring (bicyclic) bond motifs is 3. The van der Waals surface area contributed by atoms with Crippen LogP contribution in [0, 0.1) is 27.6 Å². The number of benzene rings is 2. The minimum atomic E-state index is -0.840. The van der Waals surface area contributed by atoms with Crippen molar-refractivity contribution in [3.63, 3.8) is 0 Å². The molecule has 0 N–H and O–H groups in total. The summed E-state index contributed by atoms with van der Waals surface area (Å²) in [4.78, 5) is 26.7. The van der Waals surface area contributed by atoms with Crippen LogP contribution in [0.25, 0.3) is 10.8 Å². The van der Waals surface area contributed by atoms with Crippen LogP contribution >= 0.6 is 0 Å². The molecule has 184 valence electrons. The molecular weight excluding hydrogens is 424 g/mol. The first-order valence-corrected chi connectivity index (χ1v) is 12.7. The van der Waals surface area contributed by atoms with Crippen molar-refractivity contribution in [2.45, 2.75) is 86.7 Å². The van der Waals surface area contributed by atoms with Crippen molar-refractivity contribution in [2.24, 2.45) is 27.6 Å². The van der Waals surface area contributed by atoms with Crippen LogP contribution in [0.5, 0.6) is 5.75 Å². The van der Waals surface area contributed by atoms with Crippen molar-refractivity contribution in [3.05, 3.63) is 42.5 Å². The largest absolute Gasteiger partial charge is 0.461 e. The van der Waals surface area contributed by atoms with E-state index in [1.54, 1.807) is 0 Å². The number of hydrogen-bond acceptors (Lipinski definition) is 4. The van der Waals surface area contributed by atoms with Gasteiger partial charge in [-0.1, -0.05) is 58.0 Å². The molecule has 4 rings (SSSR count). The molecule has 0 aromatic heterocycles. The van der Waals surface area contributed by atoms with Gasteiger partial charge in [-0.05, 0) is 87.1 Å². The standard InChI is InChI=1S/C30H40O4/c1-8-29(6,26(32)34-24-18-22-15-16-30(24,7)28(22,4)5)19-27(2,3)25(31)33-23-14-13-20-11-9-10-12-21(20)17-23/h9-14,17,22,24H,8,15-16,18-19H2,1-7H3. The summed E-state index contributed by atoms with van der Waals surface area (Å²) in [7, 11) is 0. The summed E-state index contributed by atoms with van der Waals surface area (Å²) in [5.74, 6) is 0.616. The molecule has 2 aromatic carbocycles. The van der Waals surface area contributed by atoms with E-state index in [1.807, 2.05) is 70.2 Å². The van der Waals surface area contributed by atoms with Gasteiger partial charge in [-0.2, -0.15) is 0 Å².